The number of Topliss-reactive ketones (excluding diaryl/α,β-unsaturated/α-hetero) is 1. The standard InChI is InChI=1S/C19H22N2O5/c1-5-13-16(24-2)9-7-14(21-13)15(22)11-20-19(23)12-6-8-17(25-3)18(10-12)26-4/h6-10H,5,11H2,1-4H3,(H,20,23). The van der Waals surface area contributed by atoms with Gasteiger partial charge in [0.05, 0.1) is 33.6 Å². The van der Waals surface area contributed by atoms with Gasteiger partial charge in [-0.15, -0.1) is 0 Å². The van der Waals surface area contributed by atoms with Crippen LogP contribution in [0.15, 0.2) is 30.3 Å². The topological polar surface area (TPSA) is 86.8 Å². The van der Waals surface area contributed by atoms with Crippen molar-refractivity contribution in [2.24, 2.45) is 0 Å². The minimum absolute atomic E-state index is 0.157. The lowest BCUT2D eigenvalue weighted by Crippen LogP contribution is -2.30. The summed E-state index contributed by atoms with van der Waals surface area (Å²) >= 11 is 0. The number of pyridine rings is 1. The van der Waals surface area contributed by atoms with Gasteiger partial charge in [0.2, 0.25) is 0 Å². The number of amides is 1. The van der Waals surface area contributed by atoms with E-state index in [1.165, 1.54) is 14.2 Å². The molecule has 1 aromatic heterocycles. The number of hydrogen-bond acceptors (Lipinski definition) is 6. The Labute approximate surface area is 152 Å². The van der Waals surface area contributed by atoms with Crippen molar-refractivity contribution in [1.29, 1.82) is 0 Å². The number of rotatable bonds is 8. The Morgan fingerprint density at radius 1 is 0.962 bits per heavy atom. The Bertz CT molecular complexity index is 737. The molecule has 1 N–H and O–H groups in total. The lowest BCUT2D eigenvalue weighted by atomic mass is 10.1. The second-order valence-electron chi connectivity index (χ2n) is 5.37. The SMILES string of the molecule is CCc1nc(C(=O)CNC(=O)c2ccc(OC)c(OC)c2)ccc1OC. The van der Waals surface area contributed by atoms with Crippen LogP contribution in [0, 0.1) is 0 Å². The third-order valence-electron chi connectivity index (χ3n) is 3.83. The van der Waals surface area contributed by atoms with E-state index in [1.54, 1.807) is 37.4 Å². The predicted molar refractivity (Wildman–Crippen MR) is 96.4 cm³/mol. The molecule has 1 amide bonds. The Hall–Kier alpha value is -3.09. The minimum atomic E-state index is -0.386. The molecule has 7 heteroatoms. The maximum Gasteiger partial charge on any atom is 0.251 e. The molecule has 138 valence electrons. The van der Waals surface area contributed by atoms with E-state index in [2.05, 4.69) is 10.3 Å². The molecule has 26 heavy (non-hydrogen) atoms. The highest BCUT2D eigenvalue weighted by atomic mass is 16.5. The average Bonchev–Trinajstić information content (AvgIpc) is 2.70. The van der Waals surface area contributed by atoms with Crippen LogP contribution in [0.25, 0.3) is 0 Å². The lowest BCUT2D eigenvalue weighted by Gasteiger charge is -2.10. The number of carbonyl (C=O) groups excluding carboxylic acids is 2. The van der Waals surface area contributed by atoms with Crippen LogP contribution in [0.1, 0.15) is 33.5 Å². The fraction of sp³-hybridized carbons (Fsp3) is 0.316. The highest BCUT2D eigenvalue weighted by Gasteiger charge is 2.15. The first-order valence-corrected chi connectivity index (χ1v) is 8.11. The van der Waals surface area contributed by atoms with Crippen LogP contribution < -0.4 is 19.5 Å². The highest BCUT2D eigenvalue weighted by Crippen LogP contribution is 2.27. The molecule has 0 aliphatic rings. The molecule has 2 rings (SSSR count). The molecule has 0 aliphatic carbocycles. The van der Waals surface area contributed by atoms with Crippen LogP contribution in [0.5, 0.6) is 17.2 Å². The Morgan fingerprint density at radius 3 is 2.23 bits per heavy atom. The molecule has 1 heterocycles. The Morgan fingerprint density at radius 2 is 1.62 bits per heavy atom. The van der Waals surface area contributed by atoms with Crippen LogP contribution in [0.2, 0.25) is 0 Å². The largest absolute Gasteiger partial charge is 0.495 e. The first kappa shape index (κ1) is 19.2. The quantitative estimate of drug-likeness (QED) is 0.729. The number of hydrogen-bond donors (Lipinski definition) is 1. The molecule has 1 aromatic carbocycles. The summed E-state index contributed by atoms with van der Waals surface area (Å²) < 4.78 is 15.5. The van der Waals surface area contributed by atoms with E-state index in [1.807, 2.05) is 6.92 Å². The van der Waals surface area contributed by atoms with Gasteiger partial charge in [0.1, 0.15) is 11.4 Å². The number of benzene rings is 1. The van der Waals surface area contributed by atoms with E-state index in [9.17, 15) is 9.59 Å². The summed E-state index contributed by atoms with van der Waals surface area (Å²) in [5, 5.41) is 2.60. The number of ketones is 1. The average molecular weight is 358 g/mol. The summed E-state index contributed by atoms with van der Waals surface area (Å²) in [5.41, 5.74) is 1.35. The summed E-state index contributed by atoms with van der Waals surface area (Å²) in [6, 6.07) is 8.08. The molecule has 0 fully saturated rings. The molecule has 0 spiro atoms. The predicted octanol–water partition coefficient (Wildman–Crippen LogP) is 2.28. The number of nitrogens with one attached hydrogen (secondary N) is 1. The third-order valence-corrected chi connectivity index (χ3v) is 3.83. The first-order chi connectivity index (χ1) is 12.5. The maximum atomic E-state index is 12.3. The molecular weight excluding hydrogens is 336 g/mol. The van der Waals surface area contributed by atoms with Gasteiger partial charge in [-0.2, -0.15) is 0 Å². The van der Waals surface area contributed by atoms with Gasteiger partial charge in [-0.1, -0.05) is 6.92 Å². The molecule has 7 nitrogen and oxygen atoms in total. The molecular formula is C19H22N2O5. The highest BCUT2D eigenvalue weighted by molar-refractivity contribution is 6.01. The summed E-state index contributed by atoms with van der Waals surface area (Å²) in [5.74, 6) is 0.934. The van der Waals surface area contributed by atoms with Crippen LogP contribution >= 0.6 is 0 Å². The van der Waals surface area contributed by atoms with Crippen molar-refractivity contribution in [1.82, 2.24) is 10.3 Å². The third kappa shape index (κ3) is 4.30. The van der Waals surface area contributed by atoms with Crippen LogP contribution in [-0.2, 0) is 6.42 Å². The van der Waals surface area contributed by atoms with Crippen LogP contribution in [-0.4, -0.2) is 44.5 Å². The normalized spacial score (nSPS) is 10.2. The number of aryl methyl sites for hydroxylation is 1. The Balaban J connectivity index is 2.06. The van der Waals surface area contributed by atoms with Crippen molar-refractivity contribution < 1.29 is 23.8 Å². The number of carbonyl (C=O) groups is 2. The molecule has 0 bridgehead atoms. The van der Waals surface area contributed by atoms with Crippen LogP contribution in [0.4, 0.5) is 0 Å². The Kier molecular flexibility index (Phi) is 6.54. The lowest BCUT2D eigenvalue weighted by molar-refractivity contribution is 0.0902. The molecule has 0 aliphatic heterocycles. The van der Waals surface area contributed by atoms with Crippen molar-refractivity contribution in [3.8, 4) is 17.2 Å². The second kappa shape index (κ2) is 8.84. The molecule has 0 radical (unpaired) electrons. The zero-order chi connectivity index (χ0) is 19.1. The zero-order valence-electron chi connectivity index (χ0n) is 15.3. The van der Waals surface area contributed by atoms with Crippen molar-refractivity contribution in [3.63, 3.8) is 0 Å². The van der Waals surface area contributed by atoms with E-state index < -0.39 is 0 Å². The molecule has 0 atom stereocenters. The first-order valence-electron chi connectivity index (χ1n) is 8.11. The van der Waals surface area contributed by atoms with Crippen LogP contribution in [0.3, 0.4) is 0 Å². The molecule has 2 aromatic rings. The summed E-state index contributed by atoms with van der Waals surface area (Å²) in [6.07, 6.45) is 0.641. The summed E-state index contributed by atoms with van der Waals surface area (Å²) in [4.78, 5) is 28.9. The van der Waals surface area contributed by atoms with E-state index in [-0.39, 0.29) is 23.9 Å². The zero-order valence-corrected chi connectivity index (χ0v) is 15.3. The van der Waals surface area contributed by atoms with E-state index in [4.69, 9.17) is 14.2 Å². The molecule has 0 unspecified atom stereocenters. The fourth-order valence-electron chi connectivity index (χ4n) is 2.41. The van der Waals surface area contributed by atoms with Gasteiger partial charge in [-0.05, 0) is 36.8 Å². The molecule has 0 saturated heterocycles. The van der Waals surface area contributed by atoms with Gasteiger partial charge in [0.15, 0.2) is 17.3 Å². The van der Waals surface area contributed by atoms with Crippen molar-refractivity contribution in [2.45, 2.75) is 13.3 Å². The fourth-order valence-corrected chi connectivity index (χ4v) is 2.41. The second-order valence-corrected chi connectivity index (χ2v) is 5.37. The number of ether oxygens (including phenoxy) is 3. The van der Waals surface area contributed by atoms with Crippen molar-refractivity contribution in [2.75, 3.05) is 27.9 Å². The van der Waals surface area contributed by atoms with E-state index in [0.29, 0.717) is 34.9 Å². The van der Waals surface area contributed by atoms with Gasteiger partial charge in [-0.3, -0.25) is 9.59 Å². The number of aromatic nitrogens is 1. The van der Waals surface area contributed by atoms with Crippen molar-refractivity contribution in [3.05, 3.63) is 47.3 Å². The van der Waals surface area contributed by atoms with E-state index in [0.717, 1.165) is 0 Å². The summed E-state index contributed by atoms with van der Waals surface area (Å²) in [7, 11) is 4.56. The van der Waals surface area contributed by atoms with Gasteiger partial charge >= 0.3 is 0 Å². The van der Waals surface area contributed by atoms with E-state index >= 15 is 0 Å². The minimum Gasteiger partial charge on any atom is -0.495 e. The van der Waals surface area contributed by atoms with Gasteiger partial charge < -0.3 is 19.5 Å². The van der Waals surface area contributed by atoms with Crippen molar-refractivity contribution >= 4 is 11.7 Å². The van der Waals surface area contributed by atoms with Gasteiger partial charge in [0.25, 0.3) is 5.91 Å². The number of methoxy groups -OCH3 is 3. The smallest absolute Gasteiger partial charge is 0.251 e. The molecule has 0 saturated carbocycles. The monoisotopic (exact) mass is 358 g/mol. The van der Waals surface area contributed by atoms with Gasteiger partial charge in [-0.25, -0.2) is 4.98 Å². The number of nitrogens with zero attached hydrogens (tertiary/aromatic N) is 1. The summed E-state index contributed by atoms with van der Waals surface area (Å²) in [6.45, 7) is 1.77. The maximum absolute atomic E-state index is 12.3. The van der Waals surface area contributed by atoms with Gasteiger partial charge in [0, 0.05) is 5.56 Å².